The van der Waals surface area contributed by atoms with Crippen LogP contribution in [0.5, 0.6) is 0 Å². The van der Waals surface area contributed by atoms with Crippen LogP contribution >= 0.6 is 11.8 Å². The fourth-order valence-corrected chi connectivity index (χ4v) is 4.99. The highest BCUT2D eigenvalue weighted by atomic mass is 32.2. The molecule has 9 heteroatoms. The lowest BCUT2D eigenvalue weighted by Gasteiger charge is -2.34. The summed E-state index contributed by atoms with van der Waals surface area (Å²) in [6, 6.07) is 8.68. The molecule has 0 heterocycles. The summed E-state index contributed by atoms with van der Waals surface area (Å²) < 4.78 is 24.0. The standard InChI is InChI=1S/C15H19N3O4S2/c1-11(2)17-15(18(19)20)10-6-9-13(24(16,21)22)14(15)23-12-7-4-3-5-8-12/h3-11,14,17H,1-2H3,(H2,16,21,22). The minimum absolute atomic E-state index is 0.177. The number of benzene rings is 1. The van der Waals surface area contributed by atoms with Gasteiger partial charge < -0.3 is 0 Å². The average Bonchev–Trinajstić information content (AvgIpc) is 2.48. The first-order chi connectivity index (χ1) is 11.2. The molecule has 1 aliphatic carbocycles. The Bertz CT molecular complexity index is 775. The van der Waals surface area contributed by atoms with Crippen LogP contribution < -0.4 is 10.5 Å². The van der Waals surface area contributed by atoms with Gasteiger partial charge in [-0.1, -0.05) is 24.3 Å². The molecule has 2 unspecified atom stereocenters. The summed E-state index contributed by atoms with van der Waals surface area (Å²) >= 11 is 1.09. The Morgan fingerprint density at radius 3 is 2.46 bits per heavy atom. The number of hydrogen-bond donors (Lipinski definition) is 2. The summed E-state index contributed by atoms with van der Waals surface area (Å²) in [5.41, 5.74) is -1.77. The summed E-state index contributed by atoms with van der Waals surface area (Å²) in [6.07, 6.45) is 4.06. The molecule has 1 aromatic carbocycles. The lowest BCUT2D eigenvalue weighted by molar-refractivity contribution is -0.561. The largest absolute Gasteiger partial charge is 0.311 e. The predicted molar refractivity (Wildman–Crippen MR) is 94.4 cm³/mol. The van der Waals surface area contributed by atoms with Crippen LogP contribution in [-0.2, 0) is 10.0 Å². The van der Waals surface area contributed by atoms with Crippen molar-refractivity contribution in [2.24, 2.45) is 5.14 Å². The Kier molecular flexibility index (Phi) is 5.49. The van der Waals surface area contributed by atoms with E-state index in [9.17, 15) is 18.5 Å². The van der Waals surface area contributed by atoms with Gasteiger partial charge in [-0.05, 0) is 32.1 Å². The zero-order valence-electron chi connectivity index (χ0n) is 13.2. The Morgan fingerprint density at radius 2 is 1.96 bits per heavy atom. The van der Waals surface area contributed by atoms with E-state index in [0.29, 0.717) is 4.90 Å². The summed E-state index contributed by atoms with van der Waals surface area (Å²) in [4.78, 5) is 11.9. The fourth-order valence-electron chi connectivity index (χ4n) is 2.50. The zero-order valence-corrected chi connectivity index (χ0v) is 14.9. The maximum Gasteiger partial charge on any atom is 0.311 e. The molecule has 2 rings (SSSR count). The third kappa shape index (κ3) is 3.86. The van der Waals surface area contributed by atoms with Crippen molar-refractivity contribution >= 4 is 21.8 Å². The van der Waals surface area contributed by atoms with Gasteiger partial charge in [0, 0.05) is 21.9 Å². The van der Waals surface area contributed by atoms with Crippen molar-refractivity contribution in [1.82, 2.24) is 5.32 Å². The Balaban J connectivity index is 2.58. The number of nitrogens with one attached hydrogen (secondary N) is 1. The molecule has 7 nitrogen and oxygen atoms in total. The van der Waals surface area contributed by atoms with Gasteiger partial charge in [-0.15, -0.1) is 11.8 Å². The van der Waals surface area contributed by atoms with E-state index < -0.39 is 25.9 Å². The highest BCUT2D eigenvalue weighted by Crippen LogP contribution is 2.40. The maximum absolute atomic E-state index is 12.0. The number of thioether (sulfide) groups is 1. The van der Waals surface area contributed by atoms with Crippen LogP contribution in [0.4, 0.5) is 0 Å². The van der Waals surface area contributed by atoms with E-state index in [4.69, 9.17) is 5.14 Å². The molecular weight excluding hydrogens is 350 g/mol. The number of hydrogen-bond acceptors (Lipinski definition) is 6. The maximum atomic E-state index is 12.0. The van der Waals surface area contributed by atoms with Crippen molar-refractivity contribution in [1.29, 1.82) is 0 Å². The van der Waals surface area contributed by atoms with Gasteiger partial charge in [0.15, 0.2) is 0 Å². The molecule has 0 amide bonds. The van der Waals surface area contributed by atoms with Gasteiger partial charge in [-0.2, -0.15) is 0 Å². The van der Waals surface area contributed by atoms with Crippen molar-refractivity contribution < 1.29 is 13.3 Å². The summed E-state index contributed by atoms with van der Waals surface area (Å²) in [5.74, 6) is 0. The smallest absolute Gasteiger partial charge is 0.262 e. The topological polar surface area (TPSA) is 115 Å². The van der Waals surface area contributed by atoms with E-state index in [2.05, 4.69) is 5.32 Å². The summed E-state index contributed by atoms with van der Waals surface area (Å²) in [6.45, 7) is 3.52. The predicted octanol–water partition coefficient (Wildman–Crippen LogP) is 1.86. The van der Waals surface area contributed by atoms with Crippen LogP contribution in [-0.4, -0.2) is 30.3 Å². The van der Waals surface area contributed by atoms with Crippen LogP contribution in [0, 0.1) is 10.1 Å². The Morgan fingerprint density at radius 1 is 1.33 bits per heavy atom. The Labute approximate surface area is 145 Å². The third-order valence-electron chi connectivity index (χ3n) is 3.42. The quantitative estimate of drug-likeness (QED) is 0.449. The van der Waals surface area contributed by atoms with Gasteiger partial charge in [-0.3, -0.25) is 10.1 Å². The molecule has 24 heavy (non-hydrogen) atoms. The second-order valence-corrected chi connectivity index (χ2v) is 8.41. The zero-order chi connectivity index (χ0) is 18.0. The summed E-state index contributed by atoms with van der Waals surface area (Å²) in [7, 11) is -4.09. The van der Waals surface area contributed by atoms with Gasteiger partial charge in [0.2, 0.25) is 10.0 Å². The Hall–Kier alpha value is -1.68. The number of primary sulfonamides is 1. The molecule has 2 atom stereocenters. The van der Waals surface area contributed by atoms with Gasteiger partial charge in [0.25, 0.3) is 0 Å². The second kappa shape index (κ2) is 7.06. The molecule has 1 aromatic rings. The number of rotatable bonds is 6. The van der Waals surface area contributed by atoms with Crippen molar-refractivity contribution in [3.8, 4) is 0 Å². The van der Waals surface area contributed by atoms with Crippen LogP contribution in [0.25, 0.3) is 0 Å². The minimum atomic E-state index is -4.09. The van der Waals surface area contributed by atoms with Crippen molar-refractivity contribution in [3.05, 3.63) is 63.6 Å². The monoisotopic (exact) mass is 369 g/mol. The van der Waals surface area contributed by atoms with Crippen molar-refractivity contribution in [3.63, 3.8) is 0 Å². The molecule has 0 bridgehead atoms. The van der Waals surface area contributed by atoms with E-state index in [1.54, 1.807) is 38.1 Å². The van der Waals surface area contributed by atoms with Gasteiger partial charge in [0.05, 0.1) is 4.91 Å². The lowest BCUT2D eigenvalue weighted by Crippen LogP contribution is -2.61. The second-order valence-electron chi connectivity index (χ2n) is 5.67. The molecule has 0 saturated carbocycles. The molecule has 3 N–H and O–H groups in total. The first-order valence-electron chi connectivity index (χ1n) is 7.23. The first kappa shape index (κ1) is 18.7. The summed E-state index contributed by atoms with van der Waals surface area (Å²) in [5, 5.41) is 19.1. The minimum Gasteiger partial charge on any atom is -0.262 e. The van der Waals surface area contributed by atoms with E-state index >= 15 is 0 Å². The van der Waals surface area contributed by atoms with E-state index in [1.165, 1.54) is 18.2 Å². The molecule has 0 saturated heterocycles. The van der Waals surface area contributed by atoms with Crippen molar-refractivity contribution in [2.75, 3.05) is 0 Å². The lowest BCUT2D eigenvalue weighted by atomic mass is 9.99. The molecule has 0 fully saturated rings. The van der Waals surface area contributed by atoms with Crippen LogP contribution in [0.1, 0.15) is 13.8 Å². The highest BCUT2D eigenvalue weighted by Gasteiger charge is 2.54. The van der Waals surface area contributed by atoms with Gasteiger partial charge >= 0.3 is 5.66 Å². The normalized spacial score (nSPS) is 24.0. The van der Waals surface area contributed by atoms with E-state index in [0.717, 1.165) is 11.8 Å². The van der Waals surface area contributed by atoms with Gasteiger partial charge in [-0.25, -0.2) is 18.9 Å². The number of nitrogens with two attached hydrogens (primary N) is 1. The van der Waals surface area contributed by atoms with Crippen LogP contribution in [0.2, 0.25) is 0 Å². The molecule has 0 radical (unpaired) electrons. The number of nitro groups is 1. The SMILES string of the molecule is CC(C)NC1([N+](=O)[O-])C=CC=C(S(N)(=O)=O)C1Sc1ccccc1. The van der Waals surface area contributed by atoms with Crippen LogP contribution in [0.15, 0.2) is 58.4 Å². The molecule has 130 valence electrons. The first-order valence-corrected chi connectivity index (χ1v) is 9.65. The molecule has 1 aliphatic rings. The van der Waals surface area contributed by atoms with Gasteiger partial charge in [0.1, 0.15) is 5.25 Å². The molecule has 0 aliphatic heterocycles. The average molecular weight is 369 g/mol. The van der Waals surface area contributed by atoms with E-state index in [-0.39, 0.29) is 10.9 Å². The van der Waals surface area contributed by atoms with E-state index in [1.807, 2.05) is 6.07 Å². The van der Waals surface area contributed by atoms with Crippen LogP contribution in [0.3, 0.4) is 0 Å². The molecule has 0 spiro atoms. The molecule has 0 aromatic heterocycles. The number of nitrogens with zero attached hydrogens (tertiary/aromatic N) is 1. The fraction of sp³-hybridized carbons (Fsp3) is 0.333. The number of sulfonamides is 1. The van der Waals surface area contributed by atoms with Crippen molar-refractivity contribution in [2.45, 2.75) is 35.7 Å². The highest BCUT2D eigenvalue weighted by molar-refractivity contribution is 8.02. The molecular formula is C15H19N3O4S2. The number of allylic oxidation sites excluding steroid dienone is 2. The third-order valence-corrected chi connectivity index (χ3v) is 5.99.